The number of ether oxygens (including phenoxy) is 3. The summed E-state index contributed by atoms with van der Waals surface area (Å²) in [6, 6.07) is 0. The number of rotatable bonds is 58. The van der Waals surface area contributed by atoms with E-state index in [-0.39, 0.29) is 37.5 Å². The van der Waals surface area contributed by atoms with E-state index >= 15 is 0 Å². The van der Waals surface area contributed by atoms with E-state index in [0.29, 0.717) is 19.3 Å². The third-order valence-corrected chi connectivity index (χ3v) is 13.5. The second-order valence-electron chi connectivity index (χ2n) is 21.3. The van der Waals surface area contributed by atoms with E-state index in [1.807, 2.05) is 0 Å². The molecule has 0 fully saturated rings. The van der Waals surface area contributed by atoms with Gasteiger partial charge >= 0.3 is 17.9 Å². The number of hydrogen-bond acceptors (Lipinski definition) is 6. The zero-order valence-electron chi connectivity index (χ0n) is 51.8. The molecule has 6 nitrogen and oxygen atoms in total. The van der Waals surface area contributed by atoms with Gasteiger partial charge in [-0.3, -0.25) is 14.4 Å². The second-order valence-corrected chi connectivity index (χ2v) is 21.3. The van der Waals surface area contributed by atoms with Crippen LogP contribution in [0.15, 0.2) is 146 Å². The van der Waals surface area contributed by atoms with Crippen LogP contribution in [-0.2, 0) is 28.6 Å². The Morgan fingerprint density at radius 3 is 0.838 bits per heavy atom. The molecule has 452 valence electrons. The van der Waals surface area contributed by atoms with Gasteiger partial charge in [0.05, 0.1) is 0 Å². The highest BCUT2D eigenvalue weighted by Crippen LogP contribution is 2.15. The lowest BCUT2D eigenvalue weighted by Crippen LogP contribution is -2.30. The average Bonchev–Trinajstić information content (AvgIpc) is 3.46. The third-order valence-electron chi connectivity index (χ3n) is 13.5. The molecule has 0 saturated carbocycles. The summed E-state index contributed by atoms with van der Waals surface area (Å²) in [5.74, 6) is -0.991. The van der Waals surface area contributed by atoms with E-state index in [9.17, 15) is 14.4 Å². The SMILES string of the molecule is CC/C=C\C/C=C\C/C=C\C/C=C\C/C=C\C/C=C\C/C=C\CCCC(=O)OC(COC(=O)CCCCCCC/C=C\C/C=C\CCCC)COC(=O)CCCCCCCCCCCC/C=C\C/C=C\C/C=C\CCCCCCC. The standard InChI is InChI=1S/C74H120O6/c1-4-7-10-13-16-19-22-25-28-30-32-34-36-37-39-40-42-44-46-49-52-55-58-61-64-67-73(76)79-70-71(69-78-72(75)66-63-60-57-54-51-48-27-24-21-18-15-12-9-6-3)80-74(77)68-65-62-59-56-53-50-47-45-43-41-38-35-33-31-29-26-23-20-17-14-11-8-5-2/h8,11,15,17-18,20,22,24-27,29-30,32-33,35-37,41,43,47,50,56,59,71H,4-7,9-10,12-14,16,19,21,23,28,31,34,38-40,42,44-46,48-49,51-55,57-58,60-70H2,1-3H3/b11-8-,18-15-,20-17-,25-22-,27-24-,29-26-,32-30-,35-33-,37-36-,43-41-,50-47-,59-56-. The van der Waals surface area contributed by atoms with Crippen molar-refractivity contribution in [3.63, 3.8) is 0 Å². The minimum Gasteiger partial charge on any atom is -0.462 e. The van der Waals surface area contributed by atoms with Crippen molar-refractivity contribution in [3.8, 4) is 0 Å². The minimum atomic E-state index is -0.824. The zero-order chi connectivity index (χ0) is 57.8. The van der Waals surface area contributed by atoms with Gasteiger partial charge in [0.1, 0.15) is 13.2 Å². The normalized spacial score (nSPS) is 13.1. The first-order chi connectivity index (χ1) is 39.5. The molecule has 0 aromatic rings. The minimum absolute atomic E-state index is 0.113. The topological polar surface area (TPSA) is 78.9 Å². The number of carbonyl (C=O) groups excluding carboxylic acids is 3. The highest BCUT2D eigenvalue weighted by atomic mass is 16.6. The summed E-state index contributed by atoms with van der Waals surface area (Å²) in [7, 11) is 0. The van der Waals surface area contributed by atoms with Crippen molar-refractivity contribution >= 4 is 17.9 Å². The van der Waals surface area contributed by atoms with Crippen LogP contribution in [-0.4, -0.2) is 37.2 Å². The molecule has 0 saturated heterocycles. The summed E-state index contributed by atoms with van der Waals surface area (Å²) in [4.78, 5) is 38.3. The van der Waals surface area contributed by atoms with Gasteiger partial charge in [-0.15, -0.1) is 0 Å². The molecule has 0 bridgehead atoms. The lowest BCUT2D eigenvalue weighted by Gasteiger charge is -2.18. The van der Waals surface area contributed by atoms with Gasteiger partial charge in [-0.05, 0) is 135 Å². The van der Waals surface area contributed by atoms with Crippen LogP contribution in [0.4, 0.5) is 0 Å². The molecule has 0 amide bonds. The lowest BCUT2D eigenvalue weighted by atomic mass is 10.1. The van der Waals surface area contributed by atoms with Crippen LogP contribution in [0.25, 0.3) is 0 Å². The summed E-state index contributed by atoms with van der Waals surface area (Å²) < 4.78 is 16.9. The van der Waals surface area contributed by atoms with Crippen LogP contribution in [0.3, 0.4) is 0 Å². The molecular formula is C74H120O6. The van der Waals surface area contributed by atoms with Crippen LogP contribution in [0, 0.1) is 0 Å². The van der Waals surface area contributed by atoms with Crippen molar-refractivity contribution in [1.29, 1.82) is 0 Å². The lowest BCUT2D eigenvalue weighted by molar-refractivity contribution is -0.167. The maximum Gasteiger partial charge on any atom is 0.306 e. The Morgan fingerprint density at radius 1 is 0.263 bits per heavy atom. The maximum absolute atomic E-state index is 12.9. The summed E-state index contributed by atoms with van der Waals surface area (Å²) >= 11 is 0. The van der Waals surface area contributed by atoms with Gasteiger partial charge in [0.25, 0.3) is 0 Å². The molecule has 6 heteroatoms. The molecule has 0 N–H and O–H groups in total. The molecule has 80 heavy (non-hydrogen) atoms. The predicted molar refractivity (Wildman–Crippen MR) is 348 cm³/mol. The van der Waals surface area contributed by atoms with E-state index in [4.69, 9.17) is 14.2 Å². The number of carbonyl (C=O) groups is 3. The molecule has 1 unspecified atom stereocenters. The molecule has 0 aromatic carbocycles. The van der Waals surface area contributed by atoms with E-state index < -0.39 is 6.10 Å². The van der Waals surface area contributed by atoms with Crippen molar-refractivity contribution in [2.75, 3.05) is 13.2 Å². The number of esters is 3. The highest BCUT2D eigenvalue weighted by Gasteiger charge is 2.19. The van der Waals surface area contributed by atoms with Crippen LogP contribution < -0.4 is 0 Å². The largest absolute Gasteiger partial charge is 0.462 e. The van der Waals surface area contributed by atoms with Crippen LogP contribution in [0.1, 0.15) is 284 Å². The fourth-order valence-electron chi connectivity index (χ4n) is 8.63. The van der Waals surface area contributed by atoms with Crippen LogP contribution in [0.2, 0.25) is 0 Å². The summed E-state index contributed by atoms with van der Waals surface area (Å²) in [5.41, 5.74) is 0. The molecule has 1 atom stereocenters. The van der Waals surface area contributed by atoms with E-state index in [1.54, 1.807) is 0 Å². The van der Waals surface area contributed by atoms with Crippen molar-refractivity contribution in [3.05, 3.63) is 146 Å². The van der Waals surface area contributed by atoms with Gasteiger partial charge in [0, 0.05) is 19.3 Å². The zero-order valence-corrected chi connectivity index (χ0v) is 51.8. The summed E-state index contributed by atoms with van der Waals surface area (Å²) in [6.07, 6.45) is 95.7. The Kier molecular flexibility index (Phi) is 62.9. The molecule has 0 aromatic heterocycles. The van der Waals surface area contributed by atoms with Crippen LogP contribution in [0.5, 0.6) is 0 Å². The van der Waals surface area contributed by atoms with Gasteiger partial charge in [-0.25, -0.2) is 0 Å². The van der Waals surface area contributed by atoms with Gasteiger partial charge in [0.2, 0.25) is 0 Å². The molecule has 0 heterocycles. The first-order valence-corrected chi connectivity index (χ1v) is 32.8. The highest BCUT2D eigenvalue weighted by molar-refractivity contribution is 5.71. The van der Waals surface area contributed by atoms with Crippen molar-refractivity contribution in [2.24, 2.45) is 0 Å². The first kappa shape index (κ1) is 75.3. The second kappa shape index (κ2) is 66.8. The smallest absolute Gasteiger partial charge is 0.306 e. The van der Waals surface area contributed by atoms with E-state index in [1.165, 1.54) is 109 Å². The Bertz CT molecular complexity index is 1750. The van der Waals surface area contributed by atoms with E-state index in [0.717, 1.165) is 128 Å². The molecule has 0 rings (SSSR count). The number of allylic oxidation sites excluding steroid dienone is 24. The van der Waals surface area contributed by atoms with Gasteiger partial charge < -0.3 is 14.2 Å². The fourth-order valence-corrected chi connectivity index (χ4v) is 8.63. The maximum atomic E-state index is 12.9. The monoisotopic (exact) mass is 1100 g/mol. The van der Waals surface area contributed by atoms with Crippen molar-refractivity contribution < 1.29 is 28.6 Å². The Labute approximate surface area is 493 Å². The summed E-state index contributed by atoms with van der Waals surface area (Å²) in [5, 5.41) is 0. The third kappa shape index (κ3) is 64.1. The first-order valence-electron chi connectivity index (χ1n) is 32.8. The molecule has 0 aliphatic rings. The quantitative estimate of drug-likeness (QED) is 0.0261. The fraction of sp³-hybridized carbons (Fsp3) is 0.635. The molecular weight excluding hydrogens is 985 g/mol. The number of unbranched alkanes of at least 4 members (excludes halogenated alkanes) is 23. The predicted octanol–water partition coefficient (Wildman–Crippen LogP) is 22.7. The van der Waals surface area contributed by atoms with Crippen LogP contribution >= 0.6 is 0 Å². The van der Waals surface area contributed by atoms with Gasteiger partial charge in [0.15, 0.2) is 6.10 Å². The average molecular weight is 1110 g/mol. The van der Waals surface area contributed by atoms with Gasteiger partial charge in [-0.2, -0.15) is 0 Å². The molecule has 0 radical (unpaired) electrons. The Balaban J connectivity index is 4.47. The van der Waals surface area contributed by atoms with E-state index in [2.05, 4.69) is 167 Å². The summed E-state index contributed by atoms with van der Waals surface area (Å²) in [6.45, 7) is 6.42. The molecule has 0 spiro atoms. The van der Waals surface area contributed by atoms with Gasteiger partial charge in [-0.1, -0.05) is 276 Å². The Hall–Kier alpha value is -4.71. The number of hydrogen-bond donors (Lipinski definition) is 0. The van der Waals surface area contributed by atoms with Crippen molar-refractivity contribution in [1.82, 2.24) is 0 Å². The van der Waals surface area contributed by atoms with Crippen molar-refractivity contribution in [2.45, 2.75) is 290 Å². The molecule has 0 aliphatic carbocycles. The Morgan fingerprint density at radius 2 is 0.512 bits per heavy atom. The molecule has 0 aliphatic heterocycles.